The zero-order chi connectivity index (χ0) is 20.4. The van der Waals surface area contributed by atoms with Crippen molar-refractivity contribution < 1.29 is 9.53 Å². The number of hydrogen-bond acceptors (Lipinski definition) is 3. The molecule has 6 nitrogen and oxygen atoms in total. The van der Waals surface area contributed by atoms with Crippen LogP contribution in [0.2, 0.25) is 0 Å². The van der Waals surface area contributed by atoms with E-state index in [2.05, 4.69) is 0 Å². The van der Waals surface area contributed by atoms with E-state index in [0.717, 1.165) is 16.6 Å². The van der Waals surface area contributed by atoms with Gasteiger partial charge in [-0.05, 0) is 31.5 Å². The summed E-state index contributed by atoms with van der Waals surface area (Å²) in [7, 11) is 0. The second-order valence-electron chi connectivity index (χ2n) is 7.56. The highest BCUT2D eigenvalue weighted by Crippen LogP contribution is 2.25. The van der Waals surface area contributed by atoms with E-state index in [-0.39, 0.29) is 23.8 Å². The van der Waals surface area contributed by atoms with Gasteiger partial charge in [-0.1, -0.05) is 42.5 Å². The number of fused-ring (bicyclic) bond motifs is 1. The zero-order valence-corrected chi connectivity index (χ0v) is 17.0. The van der Waals surface area contributed by atoms with Gasteiger partial charge in [-0.25, -0.2) is 4.79 Å². The standard InChI is InChI=1S/C23H27N3O3/c1-3-25-19-11-7-8-12-20(19)26(23(25)28)14-13-22(27)24-15-17(2)29-21(16-24)18-9-5-4-6-10-18/h4-12,17,21H,3,13-16H2,1-2H3/t17-,21-/m1/s1. The molecule has 6 heteroatoms. The first-order valence-electron chi connectivity index (χ1n) is 10.2. The molecule has 1 aliphatic rings. The van der Waals surface area contributed by atoms with Gasteiger partial charge in [0.25, 0.3) is 0 Å². The predicted octanol–water partition coefficient (Wildman–Crippen LogP) is 3.20. The van der Waals surface area contributed by atoms with E-state index in [0.29, 0.717) is 32.6 Å². The van der Waals surface area contributed by atoms with Crippen molar-refractivity contribution >= 4 is 16.9 Å². The van der Waals surface area contributed by atoms with Crippen molar-refractivity contribution in [2.45, 2.75) is 45.6 Å². The lowest BCUT2D eigenvalue weighted by atomic mass is 10.1. The van der Waals surface area contributed by atoms with Crippen molar-refractivity contribution in [2.75, 3.05) is 13.1 Å². The van der Waals surface area contributed by atoms with Gasteiger partial charge < -0.3 is 9.64 Å². The van der Waals surface area contributed by atoms with Crippen molar-refractivity contribution in [1.82, 2.24) is 14.0 Å². The number of carbonyl (C=O) groups excluding carboxylic acids is 1. The molecule has 0 unspecified atom stereocenters. The number of morpholine rings is 1. The van der Waals surface area contributed by atoms with E-state index in [4.69, 9.17) is 4.74 Å². The van der Waals surface area contributed by atoms with Gasteiger partial charge >= 0.3 is 5.69 Å². The van der Waals surface area contributed by atoms with Crippen molar-refractivity contribution in [2.24, 2.45) is 0 Å². The molecule has 1 amide bonds. The topological polar surface area (TPSA) is 56.5 Å². The van der Waals surface area contributed by atoms with Crippen LogP contribution in [0.15, 0.2) is 59.4 Å². The van der Waals surface area contributed by atoms with Crippen LogP contribution in [0.25, 0.3) is 11.0 Å². The van der Waals surface area contributed by atoms with Crippen LogP contribution in [0.3, 0.4) is 0 Å². The fourth-order valence-corrected chi connectivity index (χ4v) is 4.17. The lowest BCUT2D eigenvalue weighted by Crippen LogP contribution is -2.46. The highest BCUT2D eigenvalue weighted by molar-refractivity contribution is 5.78. The number of imidazole rings is 1. The van der Waals surface area contributed by atoms with E-state index in [9.17, 15) is 9.59 Å². The van der Waals surface area contributed by atoms with Crippen molar-refractivity contribution in [3.05, 3.63) is 70.6 Å². The third-order valence-corrected chi connectivity index (χ3v) is 5.57. The molecular formula is C23H27N3O3. The Balaban J connectivity index is 1.49. The first-order chi connectivity index (χ1) is 14.1. The molecule has 0 radical (unpaired) electrons. The second-order valence-corrected chi connectivity index (χ2v) is 7.56. The Hall–Kier alpha value is -2.86. The Morgan fingerprint density at radius 3 is 2.34 bits per heavy atom. The van der Waals surface area contributed by atoms with Crippen molar-refractivity contribution in [3.63, 3.8) is 0 Å². The molecule has 152 valence electrons. The molecule has 0 saturated carbocycles. The molecule has 2 aromatic carbocycles. The van der Waals surface area contributed by atoms with E-state index < -0.39 is 0 Å². The molecule has 0 aliphatic carbocycles. The summed E-state index contributed by atoms with van der Waals surface area (Å²) in [5.74, 6) is 0.0568. The molecule has 4 rings (SSSR count). The van der Waals surface area contributed by atoms with Crippen LogP contribution >= 0.6 is 0 Å². The van der Waals surface area contributed by atoms with E-state index >= 15 is 0 Å². The predicted molar refractivity (Wildman–Crippen MR) is 113 cm³/mol. The largest absolute Gasteiger partial charge is 0.367 e. The monoisotopic (exact) mass is 393 g/mol. The fourth-order valence-electron chi connectivity index (χ4n) is 4.17. The third-order valence-electron chi connectivity index (χ3n) is 5.57. The number of hydrogen-bond donors (Lipinski definition) is 0. The minimum absolute atomic E-state index is 0.0253. The maximum absolute atomic E-state index is 13.0. The lowest BCUT2D eigenvalue weighted by Gasteiger charge is -2.37. The Bertz CT molecular complexity index is 1050. The number of ether oxygens (including phenoxy) is 1. The number of nitrogens with zero attached hydrogens (tertiary/aromatic N) is 3. The normalized spacial score (nSPS) is 19.6. The number of aromatic nitrogens is 2. The number of carbonyl (C=O) groups is 1. The molecule has 1 fully saturated rings. The Morgan fingerprint density at radius 2 is 1.66 bits per heavy atom. The summed E-state index contributed by atoms with van der Waals surface area (Å²) in [6, 6.07) is 17.8. The molecule has 1 saturated heterocycles. The molecular weight excluding hydrogens is 366 g/mol. The molecule has 0 bridgehead atoms. The maximum Gasteiger partial charge on any atom is 0.329 e. The molecule has 29 heavy (non-hydrogen) atoms. The number of rotatable bonds is 5. The first kappa shape index (κ1) is 19.5. The average molecular weight is 393 g/mol. The molecule has 1 aromatic heterocycles. The smallest absolute Gasteiger partial charge is 0.329 e. The first-order valence-corrected chi connectivity index (χ1v) is 10.2. The minimum Gasteiger partial charge on any atom is -0.367 e. The van der Waals surface area contributed by atoms with Gasteiger partial charge in [0, 0.05) is 26.1 Å². The van der Waals surface area contributed by atoms with Gasteiger partial charge in [0.1, 0.15) is 6.10 Å². The van der Waals surface area contributed by atoms with Gasteiger partial charge in [-0.2, -0.15) is 0 Å². The molecule has 0 spiro atoms. The van der Waals surface area contributed by atoms with Gasteiger partial charge in [0.2, 0.25) is 5.91 Å². The Kier molecular flexibility index (Phi) is 5.53. The molecule has 1 aliphatic heterocycles. The Labute approximate surface area is 170 Å². The van der Waals surface area contributed by atoms with Gasteiger partial charge in [0.05, 0.1) is 23.7 Å². The molecule has 0 N–H and O–H groups in total. The summed E-state index contributed by atoms with van der Waals surface area (Å²) in [6.45, 7) is 6.07. The van der Waals surface area contributed by atoms with Crippen LogP contribution in [-0.4, -0.2) is 39.1 Å². The van der Waals surface area contributed by atoms with Crippen LogP contribution in [0.4, 0.5) is 0 Å². The average Bonchev–Trinajstić information content (AvgIpc) is 3.02. The zero-order valence-electron chi connectivity index (χ0n) is 17.0. The highest BCUT2D eigenvalue weighted by Gasteiger charge is 2.29. The number of benzene rings is 2. The maximum atomic E-state index is 13.0. The van der Waals surface area contributed by atoms with E-state index in [1.54, 1.807) is 9.13 Å². The second kappa shape index (κ2) is 8.25. The van der Waals surface area contributed by atoms with Crippen LogP contribution in [-0.2, 0) is 22.6 Å². The summed E-state index contributed by atoms with van der Waals surface area (Å²) >= 11 is 0. The SMILES string of the molecule is CCn1c(=O)n(CCC(=O)N2C[C@@H](C)O[C@@H](c3ccccc3)C2)c2ccccc21. The molecule has 2 heterocycles. The number of amides is 1. The third kappa shape index (κ3) is 3.85. The summed E-state index contributed by atoms with van der Waals surface area (Å²) in [4.78, 5) is 27.6. The summed E-state index contributed by atoms with van der Waals surface area (Å²) in [5.41, 5.74) is 2.82. The quantitative estimate of drug-likeness (QED) is 0.669. The van der Waals surface area contributed by atoms with Gasteiger partial charge in [-0.15, -0.1) is 0 Å². The van der Waals surface area contributed by atoms with Crippen molar-refractivity contribution in [1.29, 1.82) is 0 Å². The molecule has 2 atom stereocenters. The van der Waals surface area contributed by atoms with E-state index in [1.165, 1.54) is 0 Å². The summed E-state index contributed by atoms with van der Waals surface area (Å²) in [6.07, 6.45) is 0.155. The van der Waals surface area contributed by atoms with E-state index in [1.807, 2.05) is 73.3 Å². The van der Waals surface area contributed by atoms with Crippen molar-refractivity contribution in [3.8, 4) is 0 Å². The number of aryl methyl sites for hydroxylation is 2. The van der Waals surface area contributed by atoms with Gasteiger partial charge in [0.15, 0.2) is 0 Å². The van der Waals surface area contributed by atoms with Crippen LogP contribution in [0, 0.1) is 0 Å². The fraction of sp³-hybridized carbons (Fsp3) is 0.391. The van der Waals surface area contributed by atoms with Crippen LogP contribution in [0.1, 0.15) is 31.9 Å². The van der Waals surface area contributed by atoms with Gasteiger partial charge in [-0.3, -0.25) is 13.9 Å². The molecule has 3 aromatic rings. The van der Waals surface area contributed by atoms with Crippen LogP contribution in [0.5, 0.6) is 0 Å². The highest BCUT2D eigenvalue weighted by atomic mass is 16.5. The number of para-hydroxylation sites is 2. The minimum atomic E-state index is -0.117. The van der Waals surface area contributed by atoms with Crippen LogP contribution < -0.4 is 5.69 Å². The Morgan fingerprint density at radius 1 is 1.00 bits per heavy atom. The summed E-state index contributed by atoms with van der Waals surface area (Å²) in [5, 5.41) is 0. The lowest BCUT2D eigenvalue weighted by molar-refractivity contribution is -0.145. The summed E-state index contributed by atoms with van der Waals surface area (Å²) < 4.78 is 9.53.